The Kier molecular flexibility index (Phi) is 17.3. The number of rotatable bonds is 8. The van der Waals surface area contributed by atoms with Crippen molar-refractivity contribution in [3.63, 3.8) is 0 Å². The molecule has 0 bridgehead atoms. The van der Waals surface area contributed by atoms with E-state index in [1.54, 1.807) is 18.2 Å². The minimum absolute atomic E-state index is 0. The summed E-state index contributed by atoms with van der Waals surface area (Å²) >= 11 is 0. The SMILES string of the molecule is C=C(/C=C\C=C/C)c1[c-]cc(CCCCC)c(C(O)O)c1O.C[CH-]C.[U+2]. The third kappa shape index (κ3) is 9.78. The number of unbranched alkanes of at least 4 members (excludes halogenated alkanes) is 2. The minimum atomic E-state index is -1.71. The van der Waals surface area contributed by atoms with Crippen molar-refractivity contribution in [3.05, 3.63) is 66.1 Å². The maximum Gasteiger partial charge on any atom is 2.00 e. The van der Waals surface area contributed by atoms with Crippen molar-refractivity contribution < 1.29 is 46.4 Å². The molecule has 0 unspecified atom stereocenters. The summed E-state index contributed by atoms with van der Waals surface area (Å²) in [6, 6.07) is 4.72. The average Bonchev–Trinajstić information content (AvgIpc) is 2.55. The first-order chi connectivity index (χ1) is 11.9. The topological polar surface area (TPSA) is 60.7 Å². The Morgan fingerprint density at radius 2 is 1.88 bits per heavy atom. The summed E-state index contributed by atoms with van der Waals surface area (Å²) in [5.74, 6) is -0.154. The Hall–Kier alpha value is -0.788. The zero-order valence-corrected chi connectivity index (χ0v) is 20.6. The van der Waals surface area contributed by atoms with Gasteiger partial charge >= 0.3 is 31.1 Å². The van der Waals surface area contributed by atoms with Gasteiger partial charge in [0.2, 0.25) is 0 Å². The molecule has 3 nitrogen and oxygen atoms in total. The van der Waals surface area contributed by atoms with Crippen LogP contribution < -0.4 is 0 Å². The van der Waals surface area contributed by atoms with Gasteiger partial charge in [0.25, 0.3) is 0 Å². The Labute approximate surface area is 182 Å². The molecule has 3 N–H and O–H groups in total. The normalized spacial score (nSPS) is 10.7. The molecule has 0 atom stereocenters. The first-order valence-electron chi connectivity index (χ1n) is 8.79. The van der Waals surface area contributed by atoms with Crippen molar-refractivity contribution in [1.82, 2.24) is 0 Å². The summed E-state index contributed by atoms with van der Waals surface area (Å²) in [7, 11) is 0. The van der Waals surface area contributed by atoms with Gasteiger partial charge in [0, 0.05) is 5.75 Å². The van der Waals surface area contributed by atoms with E-state index in [1.165, 1.54) is 0 Å². The number of aryl methyl sites for hydroxylation is 1. The van der Waals surface area contributed by atoms with E-state index < -0.39 is 6.29 Å². The molecular weight excluding hydrogens is 550 g/mol. The average molecular weight is 583 g/mol. The monoisotopic (exact) mass is 582 g/mol. The van der Waals surface area contributed by atoms with E-state index in [0.717, 1.165) is 24.8 Å². The number of phenolic OH excluding ortho intramolecular Hbond substituents is 1. The van der Waals surface area contributed by atoms with Crippen molar-refractivity contribution in [3.8, 4) is 5.75 Å². The van der Waals surface area contributed by atoms with Gasteiger partial charge < -0.3 is 21.7 Å². The van der Waals surface area contributed by atoms with E-state index in [9.17, 15) is 15.3 Å². The molecule has 0 spiro atoms. The molecule has 0 fully saturated rings. The van der Waals surface area contributed by atoms with Gasteiger partial charge in [-0.3, -0.25) is 0 Å². The molecule has 0 aromatic heterocycles. The molecule has 0 aliphatic heterocycles. The molecule has 0 saturated heterocycles. The summed E-state index contributed by atoms with van der Waals surface area (Å²) in [6.07, 6.45) is 11.3. The number of allylic oxidation sites excluding steroid dienone is 5. The molecule has 1 aromatic carbocycles. The van der Waals surface area contributed by atoms with E-state index in [1.807, 2.05) is 39.3 Å². The first-order valence-corrected chi connectivity index (χ1v) is 8.79. The number of hydrogen-bond donors (Lipinski definition) is 3. The van der Waals surface area contributed by atoms with Gasteiger partial charge in [-0.2, -0.15) is 13.8 Å². The van der Waals surface area contributed by atoms with Crippen LogP contribution in [0.1, 0.15) is 69.9 Å². The number of benzene rings is 1. The summed E-state index contributed by atoms with van der Waals surface area (Å²) in [4.78, 5) is 0. The third-order valence-corrected chi connectivity index (χ3v) is 3.46. The number of aliphatic hydroxyl groups excluding tert-OH is 1. The molecule has 0 amide bonds. The fourth-order valence-corrected chi connectivity index (χ4v) is 2.26. The maximum atomic E-state index is 10.4. The van der Waals surface area contributed by atoms with E-state index in [4.69, 9.17) is 0 Å². The van der Waals surface area contributed by atoms with E-state index >= 15 is 0 Å². The molecule has 4 heteroatoms. The van der Waals surface area contributed by atoms with Crippen molar-refractivity contribution in [2.75, 3.05) is 0 Å². The fraction of sp³-hybridized carbons (Fsp3) is 0.409. The zero-order valence-electron chi connectivity index (χ0n) is 16.4. The molecule has 0 aliphatic rings. The van der Waals surface area contributed by atoms with Crippen LogP contribution in [0.15, 0.2) is 36.9 Å². The molecular formula is C22H32O3U. The first kappa shape index (κ1) is 27.4. The Morgan fingerprint density at radius 3 is 2.38 bits per heavy atom. The van der Waals surface area contributed by atoms with E-state index in [-0.39, 0.29) is 42.4 Å². The summed E-state index contributed by atoms with van der Waals surface area (Å²) in [6.45, 7) is 11.9. The van der Waals surface area contributed by atoms with Crippen LogP contribution in [-0.4, -0.2) is 15.3 Å². The molecule has 1 rings (SSSR count). The Bertz CT molecular complexity index is 575. The smallest absolute Gasteiger partial charge is 0.551 e. The van der Waals surface area contributed by atoms with Gasteiger partial charge in [0.05, 0.1) is 0 Å². The molecule has 0 saturated carbocycles. The van der Waals surface area contributed by atoms with Gasteiger partial charge in [-0.25, -0.2) is 0 Å². The molecule has 26 heavy (non-hydrogen) atoms. The predicted molar refractivity (Wildman–Crippen MR) is 106 cm³/mol. The van der Waals surface area contributed by atoms with Gasteiger partial charge in [0.15, 0.2) is 6.29 Å². The number of aromatic hydroxyl groups is 1. The van der Waals surface area contributed by atoms with Crippen molar-refractivity contribution >= 4 is 5.57 Å². The number of aliphatic hydroxyl groups is 2. The van der Waals surface area contributed by atoms with Crippen LogP contribution in [0.2, 0.25) is 0 Å². The summed E-state index contributed by atoms with van der Waals surface area (Å²) in [5.41, 5.74) is 1.83. The zero-order chi connectivity index (χ0) is 19.2. The molecule has 1 aromatic rings. The number of phenols is 1. The third-order valence-electron chi connectivity index (χ3n) is 3.46. The fourth-order valence-electron chi connectivity index (χ4n) is 2.26. The Balaban J connectivity index is 0. The van der Waals surface area contributed by atoms with Gasteiger partial charge in [-0.1, -0.05) is 56.9 Å². The van der Waals surface area contributed by atoms with E-state index in [0.29, 0.717) is 17.6 Å². The van der Waals surface area contributed by atoms with Crippen molar-refractivity contribution in [2.45, 2.75) is 59.7 Å². The quantitative estimate of drug-likeness (QED) is 0.169. The molecule has 0 heterocycles. The van der Waals surface area contributed by atoms with Gasteiger partial charge in [0.1, 0.15) is 0 Å². The second-order valence-electron chi connectivity index (χ2n) is 5.77. The van der Waals surface area contributed by atoms with Crippen molar-refractivity contribution in [2.24, 2.45) is 0 Å². The second-order valence-corrected chi connectivity index (χ2v) is 5.77. The van der Waals surface area contributed by atoms with Crippen LogP contribution >= 0.6 is 0 Å². The van der Waals surface area contributed by atoms with Crippen LogP contribution in [0.3, 0.4) is 0 Å². The standard InChI is InChI=1S/C19H25O3.C3H7.U/c1-4-6-8-10-14(3)16-13-12-15(11-9-7-5-2)17(18(16)20)19(21)22;1-3-2;/h4,6,8,10,12,19-22H,3,5,7,9,11H2,1-2H3;3H,1-2H3;/q2*-1;+2/b6-4-,10-8-;;. The van der Waals surface area contributed by atoms with Crippen LogP contribution in [0.4, 0.5) is 0 Å². The Morgan fingerprint density at radius 1 is 1.27 bits per heavy atom. The van der Waals surface area contributed by atoms with Crippen LogP contribution in [0.5, 0.6) is 5.75 Å². The van der Waals surface area contributed by atoms with Gasteiger partial charge in [-0.15, -0.1) is 35.4 Å². The molecule has 0 radical (unpaired) electrons. The molecule has 142 valence electrons. The molecule has 0 aliphatic carbocycles. The van der Waals surface area contributed by atoms with Crippen LogP contribution in [-0.2, 0) is 6.42 Å². The van der Waals surface area contributed by atoms with Crippen LogP contribution in [0.25, 0.3) is 5.57 Å². The second kappa shape index (κ2) is 16.4. The van der Waals surface area contributed by atoms with Crippen LogP contribution in [0, 0.1) is 43.6 Å². The summed E-state index contributed by atoms with van der Waals surface area (Å²) < 4.78 is 0. The van der Waals surface area contributed by atoms with Gasteiger partial charge in [-0.05, 0) is 12.5 Å². The largest absolute Gasteiger partial charge is 2.00 e. The predicted octanol–water partition coefficient (Wildman–Crippen LogP) is 5.28. The maximum absolute atomic E-state index is 10.4. The minimum Gasteiger partial charge on any atom is -0.551 e. The van der Waals surface area contributed by atoms with E-state index in [2.05, 4.69) is 19.6 Å². The summed E-state index contributed by atoms with van der Waals surface area (Å²) in [5, 5.41) is 29.5. The van der Waals surface area contributed by atoms with Crippen molar-refractivity contribution in [1.29, 1.82) is 0 Å². The number of hydrogen-bond acceptors (Lipinski definition) is 3.